The Morgan fingerprint density at radius 3 is 2.61 bits per heavy atom. The molecule has 1 saturated heterocycles. The standard InChI is InChI=1S/C21H29N5O4S/c1-21(2,3)30-20(27)25-11-8-16(9-12-25)31(28,29)26-13-6-15(7-14-26)18-17-5-4-10-22-19(17)24-23-18/h4-6,10,16H,7-9,11-14H2,1-3H3,(H,22,23,24). The monoisotopic (exact) mass is 447 g/mol. The largest absolute Gasteiger partial charge is 0.444 e. The second-order valence-corrected chi connectivity index (χ2v) is 11.2. The van der Waals surface area contributed by atoms with Gasteiger partial charge in [0.2, 0.25) is 10.0 Å². The van der Waals surface area contributed by atoms with E-state index in [9.17, 15) is 13.2 Å². The number of ether oxygens (including phenoxy) is 1. The Morgan fingerprint density at radius 2 is 1.97 bits per heavy atom. The van der Waals surface area contributed by atoms with Gasteiger partial charge in [-0.05, 0) is 57.7 Å². The van der Waals surface area contributed by atoms with Crippen LogP contribution in [0.3, 0.4) is 0 Å². The molecule has 4 heterocycles. The molecule has 1 N–H and O–H groups in total. The first kappa shape index (κ1) is 21.8. The number of amides is 1. The lowest BCUT2D eigenvalue weighted by molar-refractivity contribution is 0.0216. The summed E-state index contributed by atoms with van der Waals surface area (Å²) in [6.45, 7) is 7.00. The molecule has 0 aromatic carbocycles. The molecule has 10 heteroatoms. The maximum Gasteiger partial charge on any atom is 0.410 e. The molecule has 0 radical (unpaired) electrons. The van der Waals surface area contributed by atoms with Gasteiger partial charge in [0.15, 0.2) is 5.65 Å². The van der Waals surface area contributed by atoms with E-state index < -0.39 is 20.9 Å². The van der Waals surface area contributed by atoms with Crippen LogP contribution in [0.15, 0.2) is 24.4 Å². The highest BCUT2D eigenvalue weighted by Crippen LogP contribution is 2.29. The molecule has 4 rings (SSSR count). The Hall–Kier alpha value is -2.46. The van der Waals surface area contributed by atoms with Gasteiger partial charge in [0.05, 0.1) is 10.9 Å². The van der Waals surface area contributed by atoms with Crippen molar-refractivity contribution in [1.82, 2.24) is 24.4 Å². The van der Waals surface area contributed by atoms with Crippen molar-refractivity contribution < 1.29 is 17.9 Å². The topological polar surface area (TPSA) is 108 Å². The summed E-state index contributed by atoms with van der Waals surface area (Å²) < 4.78 is 33.3. The third kappa shape index (κ3) is 4.59. The Bertz CT molecular complexity index is 1090. The molecule has 2 aromatic heterocycles. The minimum Gasteiger partial charge on any atom is -0.444 e. The maximum atomic E-state index is 13.2. The first-order valence-electron chi connectivity index (χ1n) is 10.6. The van der Waals surface area contributed by atoms with Crippen LogP contribution in [0, 0.1) is 0 Å². The number of nitrogens with zero attached hydrogens (tertiary/aromatic N) is 4. The number of likely N-dealkylation sites (tertiary alicyclic amines) is 1. The minimum atomic E-state index is -3.43. The van der Waals surface area contributed by atoms with Crippen molar-refractivity contribution >= 4 is 32.7 Å². The summed E-state index contributed by atoms with van der Waals surface area (Å²) in [7, 11) is -3.43. The number of rotatable bonds is 3. The van der Waals surface area contributed by atoms with Crippen LogP contribution in [0.1, 0.15) is 45.7 Å². The molecule has 2 aromatic rings. The Kier molecular flexibility index (Phi) is 5.78. The average molecular weight is 448 g/mol. The van der Waals surface area contributed by atoms with Gasteiger partial charge in [0.1, 0.15) is 5.60 Å². The van der Waals surface area contributed by atoms with Crippen LogP contribution in [0.2, 0.25) is 0 Å². The highest BCUT2D eigenvalue weighted by molar-refractivity contribution is 7.89. The van der Waals surface area contributed by atoms with Crippen molar-refractivity contribution in [3.05, 3.63) is 30.1 Å². The van der Waals surface area contributed by atoms with E-state index in [1.54, 1.807) is 15.4 Å². The number of hydrogen-bond acceptors (Lipinski definition) is 6. The fourth-order valence-corrected chi connectivity index (χ4v) is 5.93. The second-order valence-electron chi connectivity index (χ2n) is 9.02. The first-order chi connectivity index (χ1) is 14.6. The SMILES string of the molecule is CC(C)(C)OC(=O)N1CCC(S(=O)(=O)N2CC=C(c3n[nH]c4ncccc34)CC2)CC1. The van der Waals surface area contributed by atoms with Crippen molar-refractivity contribution in [1.29, 1.82) is 0 Å². The highest BCUT2D eigenvalue weighted by atomic mass is 32.2. The lowest BCUT2D eigenvalue weighted by Crippen LogP contribution is -2.48. The first-order valence-corrected chi connectivity index (χ1v) is 12.1. The third-order valence-electron chi connectivity index (χ3n) is 5.69. The molecule has 0 aliphatic carbocycles. The van der Waals surface area contributed by atoms with Crippen molar-refractivity contribution in [3.63, 3.8) is 0 Å². The molecule has 0 atom stereocenters. The van der Waals surface area contributed by atoms with Gasteiger partial charge >= 0.3 is 6.09 Å². The quantitative estimate of drug-likeness (QED) is 0.775. The summed E-state index contributed by atoms with van der Waals surface area (Å²) in [6, 6.07) is 3.83. The number of piperidine rings is 1. The van der Waals surface area contributed by atoms with Crippen LogP contribution < -0.4 is 0 Å². The van der Waals surface area contributed by atoms with Gasteiger partial charge in [-0.15, -0.1) is 0 Å². The van der Waals surface area contributed by atoms with Crippen LogP contribution in [-0.2, 0) is 14.8 Å². The summed E-state index contributed by atoms with van der Waals surface area (Å²) in [5.41, 5.74) is 2.04. The lowest BCUT2D eigenvalue weighted by Gasteiger charge is -2.36. The van der Waals surface area contributed by atoms with Gasteiger partial charge < -0.3 is 9.64 Å². The van der Waals surface area contributed by atoms with Gasteiger partial charge in [-0.3, -0.25) is 5.10 Å². The van der Waals surface area contributed by atoms with E-state index in [1.807, 2.05) is 39.0 Å². The van der Waals surface area contributed by atoms with Gasteiger partial charge in [0.25, 0.3) is 0 Å². The van der Waals surface area contributed by atoms with E-state index in [4.69, 9.17) is 4.74 Å². The summed E-state index contributed by atoms with van der Waals surface area (Å²) in [5, 5.41) is 7.77. The van der Waals surface area contributed by atoms with Crippen molar-refractivity contribution in [2.45, 2.75) is 50.9 Å². The summed E-state index contributed by atoms with van der Waals surface area (Å²) in [5.74, 6) is 0. The molecule has 9 nitrogen and oxygen atoms in total. The fraction of sp³-hybridized carbons (Fsp3) is 0.571. The maximum absolute atomic E-state index is 13.2. The van der Waals surface area contributed by atoms with Crippen molar-refractivity contribution in [3.8, 4) is 0 Å². The molecule has 2 aliphatic heterocycles. The second kappa shape index (κ2) is 8.23. The zero-order chi connectivity index (χ0) is 22.2. The van der Waals surface area contributed by atoms with Gasteiger partial charge in [-0.1, -0.05) is 6.08 Å². The highest BCUT2D eigenvalue weighted by Gasteiger charge is 2.37. The molecular weight excluding hydrogens is 418 g/mol. The number of sulfonamides is 1. The van der Waals surface area contributed by atoms with E-state index >= 15 is 0 Å². The smallest absolute Gasteiger partial charge is 0.410 e. The molecule has 1 amide bonds. The third-order valence-corrected chi connectivity index (χ3v) is 8.05. The Balaban J connectivity index is 1.39. The van der Waals surface area contributed by atoms with Crippen LogP contribution >= 0.6 is 0 Å². The predicted molar refractivity (Wildman–Crippen MR) is 118 cm³/mol. The van der Waals surface area contributed by atoms with Crippen LogP contribution in [0.5, 0.6) is 0 Å². The molecule has 2 aliphatic rings. The van der Waals surface area contributed by atoms with E-state index in [0.717, 1.165) is 22.3 Å². The van der Waals surface area contributed by atoms with E-state index in [0.29, 0.717) is 45.4 Å². The van der Waals surface area contributed by atoms with Gasteiger partial charge in [-0.2, -0.15) is 9.40 Å². The van der Waals surface area contributed by atoms with Crippen molar-refractivity contribution in [2.75, 3.05) is 26.2 Å². The summed E-state index contributed by atoms with van der Waals surface area (Å²) in [6.07, 6.45) is 4.72. The molecule has 0 bridgehead atoms. The van der Waals surface area contributed by atoms with Gasteiger partial charge in [-0.25, -0.2) is 18.2 Å². The molecular formula is C21H29N5O4S. The Morgan fingerprint density at radius 1 is 1.23 bits per heavy atom. The number of carbonyl (C=O) groups excluding carboxylic acids is 1. The predicted octanol–water partition coefficient (Wildman–Crippen LogP) is 2.78. The zero-order valence-corrected chi connectivity index (χ0v) is 19.0. The lowest BCUT2D eigenvalue weighted by atomic mass is 10.0. The number of aromatic amines is 1. The zero-order valence-electron chi connectivity index (χ0n) is 18.2. The number of fused-ring (bicyclic) bond motifs is 1. The number of nitrogens with one attached hydrogen (secondary N) is 1. The molecule has 0 unspecified atom stereocenters. The molecule has 0 saturated carbocycles. The van der Waals surface area contributed by atoms with Crippen LogP contribution in [0.4, 0.5) is 4.79 Å². The number of hydrogen-bond donors (Lipinski definition) is 1. The van der Waals surface area contributed by atoms with E-state index in [1.165, 1.54) is 0 Å². The van der Waals surface area contributed by atoms with E-state index in [2.05, 4.69) is 15.2 Å². The molecule has 1 fully saturated rings. The van der Waals surface area contributed by atoms with Crippen molar-refractivity contribution in [2.24, 2.45) is 0 Å². The van der Waals surface area contributed by atoms with Crippen LogP contribution in [-0.4, -0.2) is 75.9 Å². The average Bonchev–Trinajstić information content (AvgIpc) is 3.17. The van der Waals surface area contributed by atoms with E-state index in [-0.39, 0.29) is 6.09 Å². The van der Waals surface area contributed by atoms with Gasteiger partial charge in [0, 0.05) is 37.8 Å². The Labute approximate surface area is 182 Å². The molecule has 0 spiro atoms. The number of carbonyl (C=O) groups is 1. The number of H-pyrrole nitrogens is 1. The number of pyridine rings is 1. The molecule has 168 valence electrons. The summed E-state index contributed by atoms with van der Waals surface area (Å²) in [4.78, 5) is 18.1. The summed E-state index contributed by atoms with van der Waals surface area (Å²) >= 11 is 0. The minimum absolute atomic E-state index is 0.332. The molecule has 31 heavy (non-hydrogen) atoms. The normalized spacial score (nSPS) is 19.5. The fourth-order valence-electron chi connectivity index (χ4n) is 4.07. The van der Waals surface area contributed by atoms with Crippen LogP contribution in [0.25, 0.3) is 16.6 Å². The number of aromatic nitrogens is 3.